The van der Waals surface area contributed by atoms with Gasteiger partial charge in [-0.05, 0) is 43.0 Å². The molecule has 2 aromatic heterocycles. The summed E-state index contributed by atoms with van der Waals surface area (Å²) in [5.41, 5.74) is 2.45. The number of hydrogen-bond donors (Lipinski definition) is 1. The van der Waals surface area contributed by atoms with Crippen LogP contribution in [0.25, 0.3) is 10.9 Å². The Labute approximate surface area is 176 Å². The van der Waals surface area contributed by atoms with Crippen molar-refractivity contribution in [1.29, 1.82) is 0 Å². The van der Waals surface area contributed by atoms with Crippen LogP contribution in [-0.2, 0) is 7.05 Å². The van der Waals surface area contributed by atoms with Gasteiger partial charge in [-0.25, -0.2) is 4.98 Å². The van der Waals surface area contributed by atoms with Crippen LogP contribution < -0.4 is 10.2 Å². The Balaban J connectivity index is 0.00000225. The number of carbonyl (C=O) groups is 1. The van der Waals surface area contributed by atoms with E-state index in [0.717, 1.165) is 29.0 Å². The zero-order chi connectivity index (χ0) is 19.0. The van der Waals surface area contributed by atoms with Gasteiger partial charge < -0.3 is 14.8 Å². The maximum absolute atomic E-state index is 12.8. The molecule has 1 N–H and O–H groups in total. The van der Waals surface area contributed by atoms with Crippen molar-refractivity contribution in [2.24, 2.45) is 13.0 Å². The van der Waals surface area contributed by atoms with Crippen LogP contribution in [0.1, 0.15) is 29.6 Å². The fourth-order valence-corrected chi connectivity index (χ4v) is 3.76. The quantitative estimate of drug-likeness (QED) is 0.637. The highest BCUT2D eigenvalue weighted by molar-refractivity contribution is 6.30. The topological polar surface area (TPSA) is 50.2 Å². The Morgan fingerprint density at radius 1 is 1.36 bits per heavy atom. The number of amides is 1. The van der Waals surface area contributed by atoms with Crippen molar-refractivity contribution in [3.8, 4) is 0 Å². The molecule has 0 spiro atoms. The van der Waals surface area contributed by atoms with Crippen LogP contribution >= 0.6 is 24.0 Å². The number of hydrogen-bond acceptors (Lipinski definition) is 3. The molecule has 0 unspecified atom stereocenters. The van der Waals surface area contributed by atoms with E-state index in [2.05, 4.69) is 10.3 Å². The summed E-state index contributed by atoms with van der Waals surface area (Å²) in [5.74, 6) is 1.36. The Bertz CT molecular complexity index is 997. The standard InChI is InChI=1S/C21H23ClN4O.ClH/c1-25-10-9-17-19(25)18(21(27)24-12-14-5-3-6-14)13-23-20(17)26(2)16-8-4-7-15(22)11-16;/h4,7-11,13-14H,3,5-6,12H2,1-2H3,(H,24,27);1H. The number of carbonyl (C=O) groups excluding carboxylic acids is 1. The molecule has 0 radical (unpaired) electrons. The van der Waals surface area contributed by atoms with Gasteiger partial charge >= 0.3 is 0 Å². The largest absolute Gasteiger partial charge is 0.352 e. The summed E-state index contributed by atoms with van der Waals surface area (Å²) in [5, 5.41) is 4.69. The lowest BCUT2D eigenvalue weighted by atomic mass is 9.85. The molecule has 1 aliphatic carbocycles. The minimum atomic E-state index is -0.0573. The van der Waals surface area contributed by atoms with Crippen LogP contribution in [0.4, 0.5) is 11.5 Å². The van der Waals surface area contributed by atoms with Crippen LogP contribution in [0.15, 0.2) is 42.7 Å². The first-order chi connectivity index (χ1) is 13.0. The second-order valence-corrected chi connectivity index (χ2v) is 7.67. The number of benzene rings is 1. The molecule has 1 aliphatic rings. The molecule has 148 valence electrons. The van der Waals surface area contributed by atoms with Crippen molar-refractivity contribution < 1.29 is 4.79 Å². The van der Waals surface area contributed by atoms with Crippen molar-refractivity contribution in [3.05, 3.63) is 53.3 Å². The lowest BCUT2D eigenvalue weighted by Gasteiger charge is -2.25. The second kappa shape index (κ2) is 8.41. The molecule has 0 aliphatic heterocycles. The van der Waals surface area contributed by atoms with Gasteiger partial charge in [-0.3, -0.25) is 4.79 Å². The van der Waals surface area contributed by atoms with E-state index >= 15 is 0 Å². The highest BCUT2D eigenvalue weighted by atomic mass is 35.5. The summed E-state index contributed by atoms with van der Waals surface area (Å²) < 4.78 is 1.98. The van der Waals surface area contributed by atoms with Crippen molar-refractivity contribution >= 4 is 52.3 Å². The number of pyridine rings is 1. The van der Waals surface area contributed by atoms with Gasteiger partial charge in [0.1, 0.15) is 5.82 Å². The molecule has 1 saturated carbocycles. The highest BCUT2D eigenvalue weighted by Gasteiger charge is 2.21. The summed E-state index contributed by atoms with van der Waals surface area (Å²) in [6.07, 6.45) is 7.33. The fraction of sp³-hybridized carbons (Fsp3) is 0.333. The predicted molar refractivity (Wildman–Crippen MR) is 117 cm³/mol. The third-order valence-electron chi connectivity index (χ3n) is 5.42. The molecule has 0 saturated heterocycles. The minimum absolute atomic E-state index is 0. The van der Waals surface area contributed by atoms with Crippen molar-refractivity contribution in [3.63, 3.8) is 0 Å². The SMILES string of the molecule is CN(c1cccc(Cl)c1)c1ncc(C(=O)NCC2CCC2)c2c1ccn2C.Cl. The summed E-state index contributed by atoms with van der Waals surface area (Å²) in [6, 6.07) is 9.65. The molecular formula is C21H24Cl2N4O. The molecule has 7 heteroatoms. The van der Waals surface area contributed by atoms with Gasteiger partial charge in [-0.2, -0.15) is 0 Å². The maximum atomic E-state index is 12.8. The van der Waals surface area contributed by atoms with Crippen LogP contribution in [0.5, 0.6) is 0 Å². The zero-order valence-electron chi connectivity index (χ0n) is 16.0. The number of aryl methyl sites for hydroxylation is 1. The third kappa shape index (κ3) is 3.82. The number of rotatable bonds is 5. The minimum Gasteiger partial charge on any atom is -0.352 e. The predicted octanol–water partition coefficient (Wildman–Crippen LogP) is 4.95. The molecule has 5 nitrogen and oxygen atoms in total. The summed E-state index contributed by atoms with van der Waals surface area (Å²) in [4.78, 5) is 19.4. The molecule has 1 fully saturated rings. The van der Waals surface area contributed by atoms with Crippen LogP contribution in [0.3, 0.4) is 0 Å². The molecule has 2 heterocycles. The second-order valence-electron chi connectivity index (χ2n) is 7.23. The molecule has 28 heavy (non-hydrogen) atoms. The van der Waals surface area contributed by atoms with E-state index in [4.69, 9.17) is 11.6 Å². The van der Waals surface area contributed by atoms with Gasteiger partial charge in [0.05, 0.1) is 11.1 Å². The molecular weight excluding hydrogens is 395 g/mol. The summed E-state index contributed by atoms with van der Waals surface area (Å²) >= 11 is 6.14. The molecule has 3 aromatic rings. The number of nitrogens with zero attached hydrogens (tertiary/aromatic N) is 3. The number of aromatic nitrogens is 2. The monoisotopic (exact) mass is 418 g/mol. The molecule has 0 atom stereocenters. The van der Waals surface area contributed by atoms with Crippen LogP contribution in [-0.4, -0.2) is 29.1 Å². The molecule has 1 amide bonds. The average Bonchev–Trinajstić information content (AvgIpc) is 3.01. The van der Waals surface area contributed by atoms with E-state index in [-0.39, 0.29) is 18.3 Å². The Morgan fingerprint density at radius 2 is 2.14 bits per heavy atom. The number of halogens is 2. The van der Waals surface area contributed by atoms with Gasteiger partial charge in [0.15, 0.2) is 0 Å². The fourth-order valence-electron chi connectivity index (χ4n) is 3.57. The van der Waals surface area contributed by atoms with Gasteiger partial charge in [0.25, 0.3) is 5.91 Å². The third-order valence-corrected chi connectivity index (χ3v) is 5.65. The van der Waals surface area contributed by atoms with E-state index in [9.17, 15) is 4.79 Å². The Kier molecular flexibility index (Phi) is 6.16. The van der Waals surface area contributed by atoms with E-state index in [1.807, 2.05) is 60.1 Å². The first kappa shape index (κ1) is 20.5. The van der Waals surface area contributed by atoms with Crippen LogP contribution in [0.2, 0.25) is 5.02 Å². The lowest BCUT2D eigenvalue weighted by Crippen LogP contribution is -2.32. The first-order valence-corrected chi connectivity index (χ1v) is 9.64. The average molecular weight is 419 g/mol. The van der Waals surface area contributed by atoms with Crippen molar-refractivity contribution in [2.75, 3.05) is 18.5 Å². The molecule has 4 rings (SSSR count). The van der Waals surface area contributed by atoms with Gasteiger partial charge in [0.2, 0.25) is 0 Å². The van der Waals surface area contributed by atoms with Crippen molar-refractivity contribution in [1.82, 2.24) is 14.9 Å². The first-order valence-electron chi connectivity index (χ1n) is 9.26. The van der Waals surface area contributed by atoms with E-state index in [1.165, 1.54) is 19.3 Å². The van der Waals surface area contributed by atoms with E-state index in [0.29, 0.717) is 16.5 Å². The highest BCUT2D eigenvalue weighted by Crippen LogP contribution is 2.32. The summed E-state index contributed by atoms with van der Waals surface area (Å²) in [7, 11) is 3.91. The van der Waals surface area contributed by atoms with Crippen molar-refractivity contribution in [2.45, 2.75) is 19.3 Å². The molecule has 0 bridgehead atoms. The Hall–Kier alpha value is -2.24. The van der Waals surface area contributed by atoms with E-state index < -0.39 is 0 Å². The van der Waals surface area contributed by atoms with Gasteiger partial charge in [-0.1, -0.05) is 24.1 Å². The zero-order valence-corrected chi connectivity index (χ0v) is 17.6. The Morgan fingerprint density at radius 3 is 2.82 bits per heavy atom. The van der Waals surface area contributed by atoms with E-state index in [1.54, 1.807) is 6.20 Å². The van der Waals surface area contributed by atoms with Gasteiger partial charge in [0, 0.05) is 49.1 Å². The summed E-state index contributed by atoms with van der Waals surface area (Å²) in [6.45, 7) is 0.745. The number of anilines is 2. The lowest BCUT2D eigenvalue weighted by molar-refractivity contribution is 0.0940. The normalized spacial score (nSPS) is 13.7. The smallest absolute Gasteiger partial charge is 0.255 e. The number of nitrogens with one attached hydrogen (secondary N) is 1. The van der Waals surface area contributed by atoms with Gasteiger partial charge in [-0.15, -0.1) is 12.4 Å². The maximum Gasteiger partial charge on any atom is 0.255 e. The number of fused-ring (bicyclic) bond motifs is 1. The van der Waals surface area contributed by atoms with Crippen LogP contribution in [0, 0.1) is 5.92 Å². The molecule has 1 aromatic carbocycles.